The zero-order valence-electron chi connectivity index (χ0n) is 21.1. The number of nitriles is 1. The summed E-state index contributed by atoms with van der Waals surface area (Å²) < 4.78 is 11.1. The number of nitrogens with zero attached hydrogens (tertiary/aromatic N) is 3. The lowest BCUT2D eigenvalue weighted by molar-refractivity contribution is 0.402. The van der Waals surface area contributed by atoms with Crippen molar-refractivity contribution in [1.29, 1.82) is 5.26 Å². The standard InChI is InChI=1S/C33H25N4OP/c34-23-30(33(35)38-31-22-21-27(24-36-31)25-13-5-1-6-14-25)32(26-15-7-2-8-16-26)37-39(28-17-9-3-10-18-28)29-19-11-4-12-20-29/h1-22,24H,35H2/b33-30+,37-32-. The Hall–Kier alpha value is -5.04. The van der Waals surface area contributed by atoms with Crippen LogP contribution in [0.15, 0.2) is 156 Å². The molecule has 0 fully saturated rings. The van der Waals surface area contributed by atoms with Crippen molar-refractivity contribution in [2.75, 3.05) is 0 Å². The number of nitrogens with two attached hydrogens (primary N) is 1. The van der Waals surface area contributed by atoms with E-state index in [1.165, 1.54) is 0 Å². The van der Waals surface area contributed by atoms with E-state index in [9.17, 15) is 5.26 Å². The van der Waals surface area contributed by atoms with Crippen LogP contribution < -0.4 is 21.1 Å². The van der Waals surface area contributed by atoms with Gasteiger partial charge in [-0.2, -0.15) is 5.26 Å². The van der Waals surface area contributed by atoms with Gasteiger partial charge in [-0.25, -0.2) is 9.75 Å². The molecule has 0 bridgehead atoms. The van der Waals surface area contributed by atoms with E-state index in [0.717, 1.165) is 27.3 Å². The fourth-order valence-electron chi connectivity index (χ4n) is 3.98. The molecule has 0 aliphatic carbocycles. The van der Waals surface area contributed by atoms with Crippen LogP contribution in [0.25, 0.3) is 11.1 Å². The van der Waals surface area contributed by atoms with Gasteiger partial charge in [-0.05, 0) is 11.6 Å². The van der Waals surface area contributed by atoms with Gasteiger partial charge in [-0.1, -0.05) is 121 Å². The molecule has 188 valence electrons. The monoisotopic (exact) mass is 524 g/mol. The van der Waals surface area contributed by atoms with E-state index in [4.69, 9.17) is 15.2 Å². The highest BCUT2D eigenvalue weighted by Crippen LogP contribution is 2.37. The number of rotatable bonds is 8. The van der Waals surface area contributed by atoms with E-state index in [-0.39, 0.29) is 11.5 Å². The van der Waals surface area contributed by atoms with Gasteiger partial charge in [0.05, 0.1) is 13.8 Å². The maximum absolute atomic E-state index is 10.3. The molecule has 0 amide bonds. The van der Waals surface area contributed by atoms with Crippen LogP contribution in [-0.2, 0) is 0 Å². The topological polar surface area (TPSA) is 84.3 Å². The van der Waals surface area contributed by atoms with Gasteiger partial charge in [0.2, 0.25) is 11.8 Å². The average molecular weight is 525 g/mol. The summed E-state index contributed by atoms with van der Waals surface area (Å²) in [5.41, 5.74) is 9.81. The SMILES string of the molecule is N#CC(/C(=N\P(c1ccccc1)c1ccccc1)c1ccccc1)=C(/N)Oc1ccc(-c2ccccc2)cn1. The van der Waals surface area contributed by atoms with Gasteiger partial charge in [-0.15, -0.1) is 0 Å². The lowest BCUT2D eigenvalue weighted by atomic mass is 10.0. The molecule has 0 spiro atoms. The summed E-state index contributed by atoms with van der Waals surface area (Å²) in [4.78, 5) is 4.42. The first kappa shape index (κ1) is 25.6. The predicted molar refractivity (Wildman–Crippen MR) is 159 cm³/mol. The van der Waals surface area contributed by atoms with E-state index in [0.29, 0.717) is 11.6 Å². The molecule has 0 unspecified atom stereocenters. The fourth-order valence-corrected chi connectivity index (χ4v) is 5.84. The van der Waals surface area contributed by atoms with Crippen molar-refractivity contribution in [3.05, 3.63) is 157 Å². The number of aromatic nitrogens is 1. The molecule has 1 heterocycles. The van der Waals surface area contributed by atoms with Gasteiger partial charge >= 0.3 is 0 Å². The Labute approximate surface area is 229 Å². The maximum atomic E-state index is 10.3. The van der Waals surface area contributed by atoms with E-state index >= 15 is 0 Å². The molecule has 0 saturated carbocycles. The van der Waals surface area contributed by atoms with Gasteiger partial charge in [-0.3, -0.25) is 0 Å². The van der Waals surface area contributed by atoms with Crippen molar-refractivity contribution in [1.82, 2.24) is 4.98 Å². The molecule has 1 aromatic heterocycles. The minimum atomic E-state index is -1.19. The Morgan fingerprint density at radius 3 is 1.74 bits per heavy atom. The summed E-state index contributed by atoms with van der Waals surface area (Å²) in [5.74, 6) is 0.233. The molecule has 0 saturated heterocycles. The molecule has 0 atom stereocenters. The van der Waals surface area contributed by atoms with Crippen LogP contribution in [0.5, 0.6) is 5.88 Å². The van der Waals surface area contributed by atoms with Gasteiger partial charge in [0.1, 0.15) is 11.6 Å². The molecule has 5 nitrogen and oxygen atoms in total. The fraction of sp³-hybridized carbons (Fsp3) is 0. The largest absolute Gasteiger partial charge is 0.422 e. The first-order valence-corrected chi connectivity index (χ1v) is 13.7. The molecular formula is C33H25N4OP. The third-order valence-electron chi connectivity index (χ3n) is 5.90. The minimum Gasteiger partial charge on any atom is -0.422 e. The third kappa shape index (κ3) is 6.27. The average Bonchev–Trinajstić information content (AvgIpc) is 3.01. The zero-order chi connectivity index (χ0) is 26.9. The molecule has 0 aliphatic rings. The number of benzene rings is 4. The molecule has 2 N–H and O–H groups in total. The number of hydrogen-bond donors (Lipinski definition) is 1. The Kier molecular flexibility index (Phi) is 8.19. The highest BCUT2D eigenvalue weighted by molar-refractivity contribution is 7.72. The summed E-state index contributed by atoms with van der Waals surface area (Å²) in [6.45, 7) is 0. The molecule has 0 radical (unpaired) electrons. The van der Waals surface area contributed by atoms with Crippen molar-refractivity contribution in [3.63, 3.8) is 0 Å². The van der Waals surface area contributed by atoms with Crippen molar-refractivity contribution in [2.24, 2.45) is 10.5 Å². The van der Waals surface area contributed by atoms with Crippen LogP contribution in [-0.4, -0.2) is 10.7 Å². The molecule has 0 aliphatic heterocycles. The van der Waals surface area contributed by atoms with Crippen LogP contribution in [0, 0.1) is 11.3 Å². The minimum absolute atomic E-state index is 0.0591. The van der Waals surface area contributed by atoms with Gasteiger partial charge in [0.15, 0.2) is 0 Å². The lowest BCUT2D eigenvalue weighted by Crippen LogP contribution is -2.18. The summed E-state index contributed by atoms with van der Waals surface area (Å²) in [6.07, 6.45) is 1.72. The van der Waals surface area contributed by atoms with Crippen molar-refractivity contribution >= 4 is 24.4 Å². The van der Waals surface area contributed by atoms with E-state index < -0.39 is 8.07 Å². The summed E-state index contributed by atoms with van der Waals surface area (Å²) >= 11 is 0. The first-order chi connectivity index (χ1) is 19.2. The predicted octanol–water partition coefficient (Wildman–Crippen LogP) is 6.36. The molecule has 4 aromatic carbocycles. The molecule has 5 rings (SSSR count). The second kappa shape index (κ2) is 12.5. The van der Waals surface area contributed by atoms with Crippen LogP contribution in [0.4, 0.5) is 0 Å². The highest BCUT2D eigenvalue weighted by Gasteiger charge is 2.21. The van der Waals surface area contributed by atoms with E-state index in [1.54, 1.807) is 12.3 Å². The highest BCUT2D eigenvalue weighted by atomic mass is 31.1. The van der Waals surface area contributed by atoms with E-state index in [1.807, 2.05) is 103 Å². The third-order valence-corrected chi connectivity index (χ3v) is 7.88. The second-order valence-corrected chi connectivity index (χ2v) is 10.4. The van der Waals surface area contributed by atoms with Crippen LogP contribution >= 0.6 is 8.07 Å². The molecule has 6 heteroatoms. The Balaban J connectivity index is 1.57. The zero-order valence-corrected chi connectivity index (χ0v) is 21.9. The van der Waals surface area contributed by atoms with Crippen LogP contribution in [0.2, 0.25) is 0 Å². The Morgan fingerprint density at radius 1 is 0.692 bits per heavy atom. The van der Waals surface area contributed by atoms with Crippen molar-refractivity contribution < 1.29 is 4.74 Å². The van der Waals surface area contributed by atoms with Crippen LogP contribution in [0.3, 0.4) is 0 Å². The molecule has 39 heavy (non-hydrogen) atoms. The number of allylic oxidation sites excluding steroid dienone is 1. The number of pyridine rings is 1. The number of ether oxygens (including phenoxy) is 1. The lowest BCUT2D eigenvalue weighted by Gasteiger charge is -2.17. The maximum Gasteiger partial charge on any atom is 0.221 e. The summed E-state index contributed by atoms with van der Waals surface area (Å²) in [7, 11) is -1.19. The quantitative estimate of drug-likeness (QED) is 0.111. The smallest absolute Gasteiger partial charge is 0.221 e. The molecule has 5 aromatic rings. The second-order valence-electron chi connectivity index (χ2n) is 8.50. The Morgan fingerprint density at radius 2 is 1.23 bits per heavy atom. The number of hydrogen-bond acceptors (Lipinski definition) is 5. The van der Waals surface area contributed by atoms with Crippen LogP contribution in [0.1, 0.15) is 5.56 Å². The summed E-state index contributed by atoms with van der Waals surface area (Å²) in [5, 5.41) is 12.4. The van der Waals surface area contributed by atoms with Gasteiger partial charge in [0, 0.05) is 34.0 Å². The first-order valence-electron chi connectivity index (χ1n) is 12.4. The van der Waals surface area contributed by atoms with Gasteiger partial charge in [0.25, 0.3) is 0 Å². The van der Waals surface area contributed by atoms with Crippen molar-refractivity contribution in [2.45, 2.75) is 0 Å². The summed E-state index contributed by atoms with van der Waals surface area (Å²) in [6, 6.07) is 45.6. The van der Waals surface area contributed by atoms with Crippen molar-refractivity contribution in [3.8, 4) is 23.1 Å². The molecular weight excluding hydrogens is 499 g/mol. The van der Waals surface area contributed by atoms with Gasteiger partial charge < -0.3 is 10.5 Å². The van der Waals surface area contributed by atoms with E-state index in [2.05, 4.69) is 35.3 Å². The normalized spacial score (nSPS) is 11.9. The Bertz CT molecular complexity index is 1570.